The summed E-state index contributed by atoms with van der Waals surface area (Å²) in [4.78, 5) is 3.26. The second kappa shape index (κ2) is 7.07. The van der Waals surface area contributed by atoms with Crippen molar-refractivity contribution in [3.05, 3.63) is 18.0 Å². The number of rotatable bonds is 8. The summed E-state index contributed by atoms with van der Waals surface area (Å²) in [5.74, 6) is 0.517. The van der Waals surface area contributed by atoms with Crippen molar-refractivity contribution in [2.75, 3.05) is 7.05 Å². The summed E-state index contributed by atoms with van der Waals surface area (Å²) in [7, 11) is -1.60. The molecule has 1 aromatic heterocycles. The molecule has 1 rings (SSSR count). The van der Waals surface area contributed by atoms with E-state index in [1.807, 2.05) is 14.0 Å². The van der Waals surface area contributed by atoms with Crippen LogP contribution in [0, 0.1) is 5.92 Å². The molecule has 110 valence electrons. The van der Waals surface area contributed by atoms with Crippen molar-refractivity contribution in [1.82, 2.24) is 15.0 Å². The highest BCUT2D eigenvalue weighted by molar-refractivity contribution is 7.89. The Balaban J connectivity index is 2.69. The lowest BCUT2D eigenvalue weighted by Gasteiger charge is -2.17. The molecule has 19 heavy (non-hydrogen) atoms. The molecular weight excluding hydrogens is 262 g/mol. The predicted octanol–water partition coefficient (Wildman–Crippen LogP) is 1.84. The lowest BCUT2D eigenvalue weighted by molar-refractivity contribution is 0.445. The number of nitrogens with one attached hydrogen (secondary N) is 3. The molecule has 0 spiro atoms. The van der Waals surface area contributed by atoms with Crippen LogP contribution in [-0.4, -0.2) is 26.5 Å². The third kappa shape index (κ3) is 4.97. The van der Waals surface area contributed by atoms with Gasteiger partial charge < -0.3 is 10.3 Å². The Hall–Kier alpha value is -0.850. The van der Waals surface area contributed by atoms with Gasteiger partial charge in [0.25, 0.3) is 0 Å². The van der Waals surface area contributed by atoms with E-state index < -0.39 is 10.0 Å². The van der Waals surface area contributed by atoms with Gasteiger partial charge in [-0.1, -0.05) is 20.3 Å². The van der Waals surface area contributed by atoms with E-state index in [1.54, 1.807) is 6.07 Å². The number of sulfonamides is 1. The number of hydrogen-bond donors (Lipinski definition) is 3. The van der Waals surface area contributed by atoms with E-state index >= 15 is 0 Å². The maximum Gasteiger partial charge on any atom is 0.242 e. The van der Waals surface area contributed by atoms with Gasteiger partial charge in [-0.25, -0.2) is 13.1 Å². The van der Waals surface area contributed by atoms with E-state index in [0.717, 1.165) is 18.5 Å². The van der Waals surface area contributed by atoms with Crippen molar-refractivity contribution in [2.24, 2.45) is 5.92 Å². The maximum atomic E-state index is 12.2. The monoisotopic (exact) mass is 287 g/mol. The first-order valence-electron chi connectivity index (χ1n) is 6.73. The van der Waals surface area contributed by atoms with Gasteiger partial charge >= 0.3 is 0 Å². The fraction of sp³-hybridized carbons (Fsp3) is 0.692. The van der Waals surface area contributed by atoms with Crippen molar-refractivity contribution in [3.63, 3.8) is 0 Å². The molecule has 0 aromatic carbocycles. The largest absolute Gasteiger partial charge is 0.363 e. The summed E-state index contributed by atoms with van der Waals surface area (Å²) in [5.41, 5.74) is 0.859. The summed E-state index contributed by atoms with van der Waals surface area (Å²) in [5, 5.41) is 2.98. The normalized spacial score (nSPS) is 15.4. The molecule has 0 amide bonds. The standard InChI is InChI=1S/C13H25N3O2S/c1-5-10(2)6-11(3)16-19(17,18)13-7-12(8-14-4)15-9-13/h7,9-11,14-16H,5-6,8H2,1-4H3. The van der Waals surface area contributed by atoms with Crippen LogP contribution >= 0.6 is 0 Å². The lowest BCUT2D eigenvalue weighted by atomic mass is 10.0. The average molecular weight is 287 g/mol. The molecule has 0 aliphatic carbocycles. The van der Waals surface area contributed by atoms with E-state index in [9.17, 15) is 8.42 Å². The highest BCUT2D eigenvalue weighted by Gasteiger charge is 2.19. The Morgan fingerprint density at radius 2 is 2.05 bits per heavy atom. The molecule has 6 heteroatoms. The molecule has 0 aliphatic heterocycles. The second-order valence-electron chi connectivity index (χ2n) is 5.16. The Kier molecular flexibility index (Phi) is 6.03. The van der Waals surface area contributed by atoms with Crippen LogP contribution in [0.25, 0.3) is 0 Å². The number of aromatic nitrogens is 1. The van der Waals surface area contributed by atoms with Gasteiger partial charge in [0.05, 0.1) is 4.90 Å². The quantitative estimate of drug-likeness (QED) is 0.683. The van der Waals surface area contributed by atoms with E-state index in [-0.39, 0.29) is 6.04 Å². The summed E-state index contributed by atoms with van der Waals surface area (Å²) in [6, 6.07) is 1.61. The fourth-order valence-corrected chi connectivity index (χ4v) is 3.29. The first kappa shape index (κ1) is 16.2. The Labute approximate surface area is 116 Å². The first-order chi connectivity index (χ1) is 8.89. The zero-order chi connectivity index (χ0) is 14.5. The van der Waals surface area contributed by atoms with Crippen molar-refractivity contribution in [2.45, 2.75) is 51.1 Å². The Morgan fingerprint density at radius 1 is 1.37 bits per heavy atom. The molecule has 3 N–H and O–H groups in total. The number of hydrogen-bond acceptors (Lipinski definition) is 3. The molecule has 0 aliphatic rings. The van der Waals surface area contributed by atoms with Crippen molar-refractivity contribution in [1.29, 1.82) is 0 Å². The van der Waals surface area contributed by atoms with E-state index in [2.05, 4.69) is 28.9 Å². The van der Waals surface area contributed by atoms with Gasteiger partial charge in [-0.3, -0.25) is 0 Å². The van der Waals surface area contributed by atoms with Gasteiger partial charge in [0.1, 0.15) is 0 Å². The van der Waals surface area contributed by atoms with Crippen molar-refractivity contribution in [3.8, 4) is 0 Å². The molecule has 0 saturated heterocycles. The third-order valence-electron chi connectivity index (χ3n) is 3.20. The summed E-state index contributed by atoms with van der Waals surface area (Å²) < 4.78 is 27.1. The van der Waals surface area contributed by atoms with Gasteiger partial charge in [0, 0.05) is 24.5 Å². The Bertz CT molecular complexity index is 482. The van der Waals surface area contributed by atoms with Crippen LogP contribution in [0.3, 0.4) is 0 Å². The maximum absolute atomic E-state index is 12.2. The second-order valence-corrected chi connectivity index (χ2v) is 6.88. The SMILES string of the molecule is CCC(C)CC(C)NS(=O)(=O)c1c[nH]c(CNC)c1. The first-order valence-corrected chi connectivity index (χ1v) is 8.21. The lowest BCUT2D eigenvalue weighted by Crippen LogP contribution is -2.33. The molecule has 0 saturated carbocycles. The number of H-pyrrole nitrogens is 1. The number of aromatic amines is 1. The van der Waals surface area contributed by atoms with Gasteiger partial charge in [0.15, 0.2) is 0 Å². The molecule has 0 fully saturated rings. The molecule has 1 aromatic rings. The van der Waals surface area contributed by atoms with Crippen LogP contribution in [-0.2, 0) is 16.6 Å². The van der Waals surface area contributed by atoms with E-state index in [0.29, 0.717) is 17.4 Å². The topological polar surface area (TPSA) is 74.0 Å². The van der Waals surface area contributed by atoms with Crippen LogP contribution in [0.2, 0.25) is 0 Å². The summed E-state index contributed by atoms with van der Waals surface area (Å²) in [6.45, 7) is 6.77. The summed E-state index contributed by atoms with van der Waals surface area (Å²) in [6.07, 6.45) is 3.44. The Morgan fingerprint density at radius 3 is 2.63 bits per heavy atom. The van der Waals surface area contributed by atoms with Crippen LogP contribution in [0.1, 0.15) is 39.3 Å². The highest BCUT2D eigenvalue weighted by atomic mass is 32.2. The van der Waals surface area contributed by atoms with Crippen LogP contribution in [0.15, 0.2) is 17.2 Å². The molecule has 0 radical (unpaired) electrons. The van der Waals surface area contributed by atoms with E-state index in [4.69, 9.17) is 0 Å². The zero-order valence-electron chi connectivity index (χ0n) is 12.2. The molecule has 0 bridgehead atoms. The molecule has 5 nitrogen and oxygen atoms in total. The van der Waals surface area contributed by atoms with Crippen molar-refractivity contribution >= 4 is 10.0 Å². The fourth-order valence-electron chi connectivity index (χ4n) is 2.02. The average Bonchev–Trinajstić information content (AvgIpc) is 2.78. The predicted molar refractivity (Wildman–Crippen MR) is 77.4 cm³/mol. The summed E-state index contributed by atoms with van der Waals surface area (Å²) >= 11 is 0. The zero-order valence-corrected chi connectivity index (χ0v) is 13.0. The molecule has 2 atom stereocenters. The van der Waals surface area contributed by atoms with Gasteiger partial charge in [0.2, 0.25) is 10.0 Å². The van der Waals surface area contributed by atoms with E-state index in [1.165, 1.54) is 6.20 Å². The van der Waals surface area contributed by atoms with Crippen LogP contribution < -0.4 is 10.0 Å². The minimum atomic E-state index is -3.42. The molecular formula is C13H25N3O2S. The van der Waals surface area contributed by atoms with Gasteiger partial charge in [-0.05, 0) is 32.4 Å². The van der Waals surface area contributed by atoms with Gasteiger partial charge in [-0.15, -0.1) is 0 Å². The smallest absolute Gasteiger partial charge is 0.242 e. The van der Waals surface area contributed by atoms with Gasteiger partial charge in [-0.2, -0.15) is 0 Å². The third-order valence-corrected chi connectivity index (χ3v) is 4.77. The van der Waals surface area contributed by atoms with Crippen LogP contribution in [0.4, 0.5) is 0 Å². The highest BCUT2D eigenvalue weighted by Crippen LogP contribution is 2.14. The van der Waals surface area contributed by atoms with Crippen molar-refractivity contribution < 1.29 is 8.42 Å². The molecule has 2 unspecified atom stereocenters. The minimum absolute atomic E-state index is 0.0531. The minimum Gasteiger partial charge on any atom is -0.363 e. The van der Waals surface area contributed by atoms with Crippen LogP contribution in [0.5, 0.6) is 0 Å². The molecule has 1 heterocycles.